The van der Waals surface area contributed by atoms with Crippen molar-refractivity contribution in [2.45, 2.75) is 12.3 Å². The highest BCUT2D eigenvalue weighted by molar-refractivity contribution is 6.19. The van der Waals surface area contributed by atoms with Crippen molar-refractivity contribution in [2.24, 2.45) is 0 Å². The van der Waals surface area contributed by atoms with Crippen LogP contribution in [0.1, 0.15) is 18.1 Å². The van der Waals surface area contributed by atoms with E-state index in [1.807, 2.05) is 43.3 Å². The first-order valence-corrected chi connectivity index (χ1v) is 6.48. The first kappa shape index (κ1) is 12.7. The Morgan fingerprint density at radius 1 is 0.889 bits per heavy atom. The van der Waals surface area contributed by atoms with Crippen LogP contribution in [-0.2, 0) is 5.41 Å². The second-order valence-corrected chi connectivity index (χ2v) is 4.41. The summed E-state index contributed by atoms with van der Waals surface area (Å²) in [5.41, 5.74) is 1.86. The number of hydrogen-bond acceptors (Lipinski definition) is 0. The van der Waals surface area contributed by atoms with Gasteiger partial charge in [0.25, 0.3) is 0 Å². The largest absolute Gasteiger partial charge is 0.124 e. The number of alkyl halides is 1. The minimum absolute atomic E-state index is 0.418. The van der Waals surface area contributed by atoms with Gasteiger partial charge in [-0.05, 0) is 18.1 Å². The average Bonchev–Trinajstić information content (AvgIpc) is 2.47. The highest BCUT2D eigenvalue weighted by atomic mass is 35.5. The summed E-state index contributed by atoms with van der Waals surface area (Å²) in [6.07, 6.45) is 0. The van der Waals surface area contributed by atoms with E-state index in [0.29, 0.717) is 5.88 Å². The predicted octanol–water partition coefficient (Wildman–Crippen LogP) is 4.23. The van der Waals surface area contributed by atoms with Crippen molar-refractivity contribution in [3.63, 3.8) is 0 Å². The van der Waals surface area contributed by atoms with Crippen molar-refractivity contribution in [3.8, 4) is 11.8 Å². The Hall–Kier alpha value is -1.71. The van der Waals surface area contributed by atoms with Crippen molar-refractivity contribution < 1.29 is 0 Å². The van der Waals surface area contributed by atoms with Gasteiger partial charge in [-0.1, -0.05) is 66.6 Å². The molecule has 2 rings (SSSR count). The Balaban J connectivity index is 2.64. The molecule has 0 nitrogen and oxygen atoms in total. The van der Waals surface area contributed by atoms with Crippen LogP contribution in [0.3, 0.4) is 0 Å². The van der Waals surface area contributed by atoms with Gasteiger partial charge < -0.3 is 0 Å². The predicted molar refractivity (Wildman–Crippen MR) is 77.8 cm³/mol. The Labute approximate surface area is 114 Å². The molecular weight excluding hydrogens is 240 g/mol. The van der Waals surface area contributed by atoms with Gasteiger partial charge in [-0.25, -0.2) is 0 Å². The topological polar surface area (TPSA) is 0 Å². The summed E-state index contributed by atoms with van der Waals surface area (Å²) >= 11 is 6.27. The van der Waals surface area contributed by atoms with E-state index in [2.05, 4.69) is 36.1 Å². The van der Waals surface area contributed by atoms with Gasteiger partial charge in [-0.3, -0.25) is 0 Å². The lowest BCUT2D eigenvalue weighted by Crippen LogP contribution is -2.28. The van der Waals surface area contributed by atoms with E-state index in [9.17, 15) is 0 Å². The van der Waals surface area contributed by atoms with E-state index in [-0.39, 0.29) is 0 Å². The minimum Gasteiger partial charge on any atom is -0.124 e. The van der Waals surface area contributed by atoms with Crippen LogP contribution >= 0.6 is 11.6 Å². The van der Waals surface area contributed by atoms with Gasteiger partial charge in [-0.2, -0.15) is 0 Å². The highest BCUT2D eigenvalue weighted by Crippen LogP contribution is 2.33. The van der Waals surface area contributed by atoms with Gasteiger partial charge in [0.2, 0.25) is 0 Å². The molecule has 0 aromatic heterocycles. The summed E-state index contributed by atoms with van der Waals surface area (Å²) in [7, 11) is 0. The summed E-state index contributed by atoms with van der Waals surface area (Å²) in [6.45, 7) is 1.85. The molecule has 0 N–H and O–H groups in total. The Kier molecular flexibility index (Phi) is 4.07. The van der Waals surface area contributed by atoms with Crippen molar-refractivity contribution in [2.75, 3.05) is 5.88 Å². The maximum absolute atomic E-state index is 6.27. The fourth-order valence-electron chi connectivity index (χ4n) is 2.16. The minimum atomic E-state index is -0.418. The van der Waals surface area contributed by atoms with Crippen molar-refractivity contribution in [3.05, 3.63) is 71.8 Å². The summed E-state index contributed by atoms with van der Waals surface area (Å²) in [5, 5.41) is 0. The van der Waals surface area contributed by atoms with Crippen LogP contribution in [0.4, 0.5) is 0 Å². The standard InChI is InChI=1S/C17H15Cl/c1-2-13-17(14-18,15-9-5-3-6-10-15)16-11-7-4-8-12-16/h3-12H,14H2,1H3. The third kappa shape index (κ3) is 2.28. The molecule has 2 aromatic rings. The molecule has 0 atom stereocenters. The van der Waals surface area contributed by atoms with Crippen LogP contribution in [-0.4, -0.2) is 5.88 Å². The molecule has 0 heterocycles. The zero-order valence-corrected chi connectivity index (χ0v) is 11.1. The molecule has 2 aromatic carbocycles. The molecule has 1 heteroatoms. The van der Waals surface area contributed by atoms with Crippen LogP contribution in [0, 0.1) is 11.8 Å². The molecule has 0 spiro atoms. The molecule has 0 fully saturated rings. The molecule has 0 aliphatic rings. The summed E-state index contributed by atoms with van der Waals surface area (Å²) in [6, 6.07) is 20.4. The van der Waals surface area contributed by atoms with Crippen LogP contribution in [0.25, 0.3) is 0 Å². The van der Waals surface area contributed by atoms with Gasteiger partial charge in [-0.15, -0.1) is 17.5 Å². The first-order chi connectivity index (χ1) is 8.83. The molecule has 18 heavy (non-hydrogen) atoms. The van der Waals surface area contributed by atoms with E-state index in [1.54, 1.807) is 0 Å². The quantitative estimate of drug-likeness (QED) is 0.568. The van der Waals surface area contributed by atoms with Gasteiger partial charge in [0, 0.05) is 5.88 Å². The van der Waals surface area contributed by atoms with Crippen molar-refractivity contribution >= 4 is 11.6 Å². The number of benzene rings is 2. The fraction of sp³-hybridized carbons (Fsp3) is 0.176. The average molecular weight is 255 g/mol. The first-order valence-electron chi connectivity index (χ1n) is 5.94. The Bertz CT molecular complexity index is 507. The lowest BCUT2D eigenvalue weighted by atomic mass is 9.76. The van der Waals surface area contributed by atoms with Crippen LogP contribution in [0.15, 0.2) is 60.7 Å². The maximum atomic E-state index is 6.27. The molecule has 0 amide bonds. The van der Waals surface area contributed by atoms with Crippen LogP contribution in [0.2, 0.25) is 0 Å². The molecule has 90 valence electrons. The summed E-state index contributed by atoms with van der Waals surface area (Å²) in [5.74, 6) is 6.76. The molecule has 0 unspecified atom stereocenters. The van der Waals surface area contributed by atoms with Crippen LogP contribution < -0.4 is 0 Å². The number of rotatable bonds is 3. The van der Waals surface area contributed by atoms with Gasteiger partial charge in [0.15, 0.2) is 0 Å². The third-order valence-electron chi connectivity index (χ3n) is 3.07. The van der Waals surface area contributed by atoms with E-state index < -0.39 is 5.41 Å². The van der Waals surface area contributed by atoms with Gasteiger partial charge >= 0.3 is 0 Å². The molecule has 0 radical (unpaired) electrons. The zero-order chi connectivity index (χ0) is 12.8. The van der Waals surface area contributed by atoms with E-state index in [4.69, 9.17) is 11.6 Å². The molecule has 0 bridgehead atoms. The number of hydrogen-bond donors (Lipinski definition) is 0. The van der Waals surface area contributed by atoms with Gasteiger partial charge in [0.05, 0.1) is 5.41 Å². The second-order valence-electron chi connectivity index (χ2n) is 4.15. The van der Waals surface area contributed by atoms with Crippen LogP contribution in [0.5, 0.6) is 0 Å². The Morgan fingerprint density at radius 3 is 1.67 bits per heavy atom. The van der Waals surface area contributed by atoms with E-state index in [0.717, 1.165) is 11.1 Å². The highest BCUT2D eigenvalue weighted by Gasteiger charge is 2.31. The molecule has 0 saturated carbocycles. The maximum Gasteiger partial charge on any atom is 0.0946 e. The third-order valence-corrected chi connectivity index (χ3v) is 3.47. The monoisotopic (exact) mass is 254 g/mol. The van der Waals surface area contributed by atoms with Crippen molar-refractivity contribution in [1.82, 2.24) is 0 Å². The van der Waals surface area contributed by atoms with E-state index in [1.165, 1.54) is 0 Å². The van der Waals surface area contributed by atoms with Gasteiger partial charge in [0.1, 0.15) is 0 Å². The SMILES string of the molecule is CC#CC(CCl)(c1ccccc1)c1ccccc1. The van der Waals surface area contributed by atoms with E-state index >= 15 is 0 Å². The second kappa shape index (κ2) is 5.76. The zero-order valence-electron chi connectivity index (χ0n) is 10.4. The number of halogens is 1. The lowest BCUT2D eigenvalue weighted by Gasteiger charge is -2.27. The lowest BCUT2D eigenvalue weighted by molar-refractivity contribution is 0.761. The fourth-order valence-corrected chi connectivity index (χ4v) is 2.53. The molecule has 0 aliphatic carbocycles. The Morgan fingerprint density at radius 2 is 1.33 bits per heavy atom. The smallest absolute Gasteiger partial charge is 0.0946 e. The summed E-state index contributed by atoms with van der Waals surface area (Å²) in [4.78, 5) is 0. The molecular formula is C17H15Cl. The molecule has 0 saturated heterocycles. The molecule has 0 aliphatic heterocycles. The summed E-state index contributed by atoms with van der Waals surface area (Å²) < 4.78 is 0. The van der Waals surface area contributed by atoms with Crippen molar-refractivity contribution in [1.29, 1.82) is 0 Å². The normalized spacial score (nSPS) is 10.6.